The average molecular weight is 324 g/mol. The Kier molecular flexibility index (Phi) is 5.62. The second-order valence-electron chi connectivity index (χ2n) is 4.49. The van der Waals surface area contributed by atoms with E-state index in [1.54, 1.807) is 25.3 Å². The lowest BCUT2D eigenvalue weighted by atomic mass is 10.1. The topological polar surface area (TPSA) is 38.3 Å². The van der Waals surface area contributed by atoms with Gasteiger partial charge < -0.3 is 10.1 Å². The van der Waals surface area contributed by atoms with Crippen molar-refractivity contribution in [3.8, 4) is 0 Å². The number of carbonyl (C=O) groups is 1. The molecule has 0 radical (unpaired) electrons. The lowest BCUT2D eigenvalue weighted by Crippen LogP contribution is -2.23. The number of rotatable bonds is 5. The molecule has 5 heteroatoms. The van der Waals surface area contributed by atoms with Gasteiger partial charge in [0.2, 0.25) is 0 Å². The first-order valence-corrected chi connectivity index (χ1v) is 7.17. The molecule has 0 unspecified atom stereocenters. The molecule has 0 heterocycles. The third-order valence-corrected chi connectivity index (χ3v) is 3.87. The first kappa shape index (κ1) is 15.8. The van der Waals surface area contributed by atoms with E-state index in [9.17, 15) is 4.79 Å². The van der Waals surface area contributed by atoms with Crippen molar-refractivity contribution < 1.29 is 9.53 Å². The average Bonchev–Trinajstić information content (AvgIpc) is 2.49. The lowest BCUT2D eigenvalue weighted by Gasteiger charge is -2.11. The fourth-order valence-corrected chi connectivity index (χ4v) is 2.36. The summed E-state index contributed by atoms with van der Waals surface area (Å²) in [6, 6.07) is 12.8. The lowest BCUT2D eigenvalue weighted by molar-refractivity contribution is 0.0950. The largest absolute Gasteiger partial charge is 0.380 e. The fourth-order valence-electron chi connectivity index (χ4n) is 1.98. The monoisotopic (exact) mass is 323 g/mol. The van der Waals surface area contributed by atoms with Gasteiger partial charge in [0.15, 0.2) is 0 Å². The Morgan fingerprint density at radius 2 is 1.81 bits per heavy atom. The third-order valence-electron chi connectivity index (χ3n) is 3.05. The summed E-state index contributed by atoms with van der Waals surface area (Å²) < 4.78 is 5.14. The Morgan fingerprint density at radius 1 is 1.10 bits per heavy atom. The van der Waals surface area contributed by atoms with Gasteiger partial charge >= 0.3 is 0 Å². The van der Waals surface area contributed by atoms with E-state index in [2.05, 4.69) is 5.32 Å². The Bertz CT molecular complexity index is 644. The molecule has 0 saturated heterocycles. The normalized spacial score (nSPS) is 10.4. The molecule has 2 aromatic carbocycles. The molecule has 0 atom stereocenters. The second-order valence-corrected chi connectivity index (χ2v) is 5.27. The van der Waals surface area contributed by atoms with Gasteiger partial charge in [-0.2, -0.15) is 0 Å². The van der Waals surface area contributed by atoms with Crippen molar-refractivity contribution in [3.05, 3.63) is 69.2 Å². The number of carbonyl (C=O) groups excluding carboxylic acids is 1. The van der Waals surface area contributed by atoms with E-state index in [0.29, 0.717) is 23.7 Å². The van der Waals surface area contributed by atoms with Crippen molar-refractivity contribution in [2.45, 2.75) is 13.2 Å². The number of ether oxygens (including phenoxy) is 1. The molecular weight excluding hydrogens is 309 g/mol. The number of amides is 1. The number of hydrogen-bond donors (Lipinski definition) is 1. The predicted molar refractivity (Wildman–Crippen MR) is 84.8 cm³/mol. The van der Waals surface area contributed by atoms with Crippen LogP contribution in [0.5, 0.6) is 0 Å². The minimum absolute atomic E-state index is 0.255. The molecule has 2 aromatic rings. The molecule has 2 rings (SSSR count). The van der Waals surface area contributed by atoms with Crippen LogP contribution in [0.25, 0.3) is 0 Å². The summed E-state index contributed by atoms with van der Waals surface area (Å²) in [5.41, 5.74) is 2.41. The predicted octanol–water partition coefficient (Wildman–Crippen LogP) is 4.07. The van der Waals surface area contributed by atoms with E-state index >= 15 is 0 Å². The van der Waals surface area contributed by atoms with Crippen molar-refractivity contribution in [3.63, 3.8) is 0 Å². The molecule has 0 aliphatic heterocycles. The van der Waals surface area contributed by atoms with Crippen LogP contribution in [0.4, 0.5) is 0 Å². The van der Waals surface area contributed by atoms with Crippen LogP contribution in [-0.2, 0) is 17.9 Å². The zero-order valence-electron chi connectivity index (χ0n) is 11.5. The van der Waals surface area contributed by atoms with E-state index in [1.807, 2.05) is 24.3 Å². The fraction of sp³-hybridized carbons (Fsp3) is 0.188. The summed E-state index contributed by atoms with van der Waals surface area (Å²) in [4.78, 5) is 12.2. The molecule has 1 N–H and O–H groups in total. The van der Waals surface area contributed by atoms with Gasteiger partial charge in [-0.1, -0.05) is 53.5 Å². The van der Waals surface area contributed by atoms with Gasteiger partial charge in [0.25, 0.3) is 5.91 Å². The van der Waals surface area contributed by atoms with E-state index in [1.165, 1.54) is 0 Å². The molecule has 1 amide bonds. The van der Waals surface area contributed by atoms with Crippen molar-refractivity contribution in [1.82, 2.24) is 5.32 Å². The zero-order valence-corrected chi connectivity index (χ0v) is 13.0. The summed E-state index contributed by atoms with van der Waals surface area (Å²) in [5, 5.41) is 3.48. The molecule has 0 aliphatic rings. The Morgan fingerprint density at radius 3 is 2.52 bits per heavy atom. The number of halogens is 2. The van der Waals surface area contributed by atoms with Gasteiger partial charge in [0.1, 0.15) is 0 Å². The summed E-state index contributed by atoms with van der Waals surface area (Å²) in [6.45, 7) is 0.908. The number of nitrogens with one attached hydrogen (secondary N) is 1. The first-order valence-electron chi connectivity index (χ1n) is 6.41. The van der Waals surface area contributed by atoms with Crippen LogP contribution in [0.15, 0.2) is 42.5 Å². The van der Waals surface area contributed by atoms with Gasteiger partial charge in [0.05, 0.1) is 22.2 Å². The van der Waals surface area contributed by atoms with Gasteiger partial charge in [0, 0.05) is 13.7 Å². The molecule has 21 heavy (non-hydrogen) atoms. The maximum absolute atomic E-state index is 12.2. The Labute approximate surface area is 133 Å². The summed E-state index contributed by atoms with van der Waals surface area (Å²) in [6.07, 6.45) is 0. The van der Waals surface area contributed by atoms with Crippen molar-refractivity contribution in [2.24, 2.45) is 0 Å². The summed E-state index contributed by atoms with van der Waals surface area (Å²) in [5.74, 6) is -0.255. The van der Waals surface area contributed by atoms with Crippen LogP contribution in [0.3, 0.4) is 0 Å². The Balaban J connectivity index is 2.09. The van der Waals surface area contributed by atoms with Gasteiger partial charge in [-0.15, -0.1) is 0 Å². The molecule has 0 bridgehead atoms. The summed E-state index contributed by atoms with van der Waals surface area (Å²) >= 11 is 12.0. The van der Waals surface area contributed by atoms with E-state index in [-0.39, 0.29) is 10.9 Å². The van der Waals surface area contributed by atoms with Gasteiger partial charge in [-0.3, -0.25) is 4.79 Å². The van der Waals surface area contributed by atoms with Gasteiger partial charge in [-0.25, -0.2) is 0 Å². The molecule has 0 aromatic heterocycles. The van der Waals surface area contributed by atoms with E-state index in [0.717, 1.165) is 11.1 Å². The quantitative estimate of drug-likeness (QED) is 0.900. The van der Waals surface area contributed by atoms with Crippen LogP contribution in [0.2, 0.25) is 10.0 Å². The molecule has 0 spiro atoms. The van der Waals surface area contributed by atoms with Gasteiger partial charge in [-0.05, 0) is 23.3 Å². The van der Waals surface area contributed by atoms with Crippen molar-refractivity contribution in [2.75, 3.05) is 7.11 Å². The van der Waals surface area contributed by atoms with E-state index in [4.69, 9.17) is 27.9 Å². The first-order chi connectivity index (χ1) is 10.1. The Hall–Kier alpha value is -1.55. The van der Waals surface area contributed by atoms with Crippen LogP contribution in [0.1, 0.15) is 21.5 Å². The number of hydrogen-bond acceptors (Lipinski definition) is 2. The zero-order chi connectivity index (χ0) is 15.2. The van der Waals surface area contributed by atoms with Crippen molar-refractivity contribution in [1.29, 1.82) is 0 Å². The minimum Gasteiger partial charge on any atom is -0.380 e. The highest BCUT2D eigenvalue weighted by atomic mass is 35.5. The number of benzene rings is 2. The summed E-state index contributed by atoms with van der Waals surface area (Å²) in [7, 11) is 1.64. The molecule has 110 valence electrons. The van der Waals surface area contributed by atoms with E-state index < -0.39 is 0 Å². The molecule has 0 fully saturated rings. The maximum Gasteiger partial charge on any atom is 0.253 e. The minimum atomic E-state index is -0.255. The molecule has 0 aliphatic carbocycles. The van der Waals surface area contributed by atoms with Crippen LogP contribution in [0, 0.1) is 0 Å². The van der Waals surface area contributed by atoms with Crippen LogP contribution < -0.4 is 5.32 Å². The van der Waals surface area contributed by atoms with Crippen LogP contribution >= 0.6 is 23.2 Å². The highest BCUT2D eigenvalue weighted by molar-refractivity contribution is 6.43. The van der Waals surface area contributed by atoms with Crippen molar-refractivity contribution >= 4 is 29.1 Å². The molecular formula is C16H15Cl2NO2. The smallest absolute Gasteiger partial charge is 0.253 e. The SMILES string of the molecule is COCc1ccccc1CNC(=O)c1cccc(Cl)c1Cl. The highest BCUT2D eigenvalue weighted by Crippen LogP contribution is 2.25. The molecule has 0 saturated carbocycles. The third kappa shape index (κ3) is 3.97. The molecule has 3 nitrogen and oxygen atoms in total. The number of methoxy groups -OCH3 is 1. The highest BCUT2D eigenvalue weighted by Gasteiger charge is 2.12. The second kappa shape index (κ2) is 7.46. The standard InChI is InChI=1S/C16H15Cl2NO2/c1-21-10-12-6-3-2-5-11(12)9-19-16(20)13-7-4-8-14(17)15(13)18/h2-8H,9-10H2,1H3,(H,19,20). The van der Waals surface area contributed by atoms with Crippen LogP contribution in [-0.4, -0.2) is 13.0 Å². The maximum atomic E-state index is 12.2.